The molecule has 0 N–H and O–H groups in total. The van der Waals surface area contributed by atoms with E-state index in [1.54, 1.807) is 0 Å². The standard InChI is InChI=1S/C48H38/c1-35-13-17-37(18-14-35)33-47(43-9-5-3-6-10-43)45-29-25-41(26-30-45)39-21-23-40(24-22-39)42-27-31-46(32-28-42)48(44-11-7-4-8-12-44)34-38-19-15-36(2)16-20-38/h3-34H,1-2H3/b47-33+,48-34+. The molecule has 7 rings (SSSR count). The fourth-order valence-corrected chi connectivity index (χ4v) is 6.10. The van der Waals surface area contributed by atoms with Crippen LogP contribution in [0.4, 0.5) is 0 Å². The average Bonchev–Trinajstić information content (AvgIpc) is 3.15. The van der Waals surface area contributed by atoms with Crippen LogP contribution >= 0.6 is 0 Å². The predicted octanol–water partition coefficient (Wildman–Crippen LogP) is 12.8. The summed E-state index contributed by atoms with van der Waals surface area (Å²) in [6.45, 7) is 4.25. The van der Waals surface area contributed by atoms with Gasteiger partial charge in [0.15, 0.2) is 0 Å². The third-order valence-electron chi connectivity index (χ3n) is 8.89. The average molecular weight is 615 g/mol. The van der Waals surface area contributed by atoms with E-state index in [-0.39, 0.29) is 0 Å². The molecule has 0 bridgehead atoms. The van der Waals surface area contributed by atoms with Crippen molar-refractivity contribution < 1.29 is 0 Å². The van der Waals surface area contributed by atoms with Gasteiger partial charge in [-0.2, -0.15) is 0 Å². The van der Waals surface area contributed by atoms with Gasteiger partial charge in [0.1, 0.15) is 0 Å². The fraction of sp³-hybridized carbons (Fsp3) is 0.0417. The number of hydrogen-bond acceptors (Lipinski definition) is 0. The molecule has 0 nitrogen and oxygen atoms in total. The van der Waals surface area contributed by atoms with Gasteiger partial charge < -0.3 is 0 Å². The minimum absolute atomic E-state index is 1.20. The minimum atomic E-state index is 1.20. The zero-order valence-electron chi connectivity index (χ0n) is 27.5. The molecule has 0 unspecified atom stereocenters. The molecule has 0 amide bonds. The zero-order chi connectivity index (χ0) is 32.7. The topological polar surface area (TPSA) is 0 Å². The molecule has 0 aliphatic carbocycles. The van der Waals surface area contributed by atoms with Crippen molar-refractivity contribution in [3.8, 4) is 22.3 Å². The molecule has 0 aliphatic rings. The lowest BCUT2D eigenvalue weighted by Crippen LogP contribution is -1.90. The first-order valence-corrected chi connectivity index (χ1v) is 16.6. The Morgan fingerprint density at radius 2 is 0.562 bits per heavy atom. The molecule has 0 atom stereocenters. The largest absolute Gasteiger partial charge is 0.0622 e. The van der Waals surface area contributed by atoms with Crippen LogP contribution in [0.5, 0.6) is 0 Å². The molecule has 48 heavy (non-hydrogen) atoms. The van der Waals surface area contributed by atoms with Crippen molar-refractivity contribution in [3.63, 3.8) is 0 Å². The van der Waals surface area contributed by atoms with E-state index < -0.39 is 0 Å². The van der Waals surface area contributed by atoms with E-state index in [1.165, 1.54) is 77.9 Å². The maximum absolute atomic E-state index is 2.28. The van der Waals surface area contributed by atoms with Crippen LogP contribution in [0.3, 0.4) is 0 Å². The number of benzene rings is 7. The molecule has 0 saturated carbocycles. The van der Waals surface area contributed by atoms with Crippen LogP contribution in [0.25, 0.3) is 45.6 Å². The van der Waals surface area contributed by atoms with E-state index >= 15 is 0 Å². The summed E-state index contributed by atoms with van der Waals surface area (Å²) in [6, 6.07) is 65.5. The number of hydrogen-bond donors (Lipinski definition) is 0. The van der Waals surface area contributed by atoms with E-state index in [1.807, 2.05) is 0 Å². The maximum atomic E-state index is 2.28. The van der Waals surface area contributed by atoms with Gasteiger partial charge in [0.05, 0.1) is 0 Å². The second kappa shape index (κ2) is 14.2. The van der Waals surface area contributed by atoms with Crippen molar-refractivity contribution >= 4 is 23.3 Å². The van der Waals surface area contributed by atoms with Gasteiger partial charge in [0.2, 0.25) is 0 Å². The first-order valence-electron chi connectivity index (χ1n) is 16.6. The number of rotatable bonds is 8. The first kappa shape index (κ1) is 30.7. The molecule has 0 saturated heterocycles. The Labute approximate surface area is 285 Å². The maximum Gasteiger partial charge on any atom is -0.0105 e. The Morgan fingerprint density at radius 3 is 0.875 bits per heavy atom. The van der Waals surface area contributed by atoms with Gasteiger partial charge in [0.25, 0.3) is 0 Å². The van der Waals surface area contributed by atoms with Crippen LogP contribution < -0.4 is 0 Å². The second-order valence-corrected chi connectivity index (χ2v) is 12.4. The molecule has 0 heteroatoms. The molecule has 0 fully saturated rings. The van der Waals surface area contributed by atoms with E-state index in [0.717, 1.165) is 0 Å². The van der Waals surface area contributed by atoms with Crippen LogP contribution in [-0.2, 0) is 0 Å². The fourth-order valence-electron chi connectivity index (χ4n) is 6.10. The normalized spacial score (nSPS) is 11.8. The Balaban J connectivity index is 1.13. The molecule has 230 valence electrons. The lowest BCUT2D eigenvalue weighted by Gasteiger charge is -2.12. The van der Waals surface area contributed by atoms with Gasteiger partial charge in [-0.3, -0.25) is 0 Å². The highest BCUT2D eigenvalue weighted by Crippen LogP contribution is 2.32. The summed E-state index contributed by atoms with van der Waals surface area (Å²) in [4.78, 5) is 0. The zero-order valence-corrected chi connectivity index (χ0v) is 27.5. The molecular weight excluding hydrogens is 577 g/mol. The van der Waals surface area contributed by atoms with Crippen LogP contribution in [-0.4, -0.2) is 0 Å². The lowest BCUT2D eigenvalue weighted by atomic mass is 9.92. The molecule has 0 spiro atoms. The summed E-state index contributed by atoms with van der Waals surface area (Å²) in [6.07, 6.45) is 4.57. The number of aryl methyl sites for hydroxylation is 2. The second-order valence-electron chi connectivity index (χ2n) is 12.4. The van der Waals surface area contributed by atoms with Crippen LogP contribution in [0.1, 0.15) is 44.5 Å². The van der Waals surface area contributed by atoms with Gasteiger partial charge in [-0.05, 0) is 92.8 Å². The third kappa shape index (κ3) is 7.20. The van der Waals surface area contributed by atoms with E-state index in [9.17, 15) is 0 Å². The minimum Gasteiger partial charge on any atom is -0.0622 e. The van der Waals surface area contributed by atoms with Gasteiger partial charge in [-0.25, -0.2) is 0 Å². The third-order valence-corrected chi connectivity index (χ3v) is 8.89. The Hall–Kier alpha value is -5.98. The van der Waals surface area contributed by atoms with E-state index in [2.05, 4.69) is 208 Å². The quantitative estimate of drug-likeness (QED) is 0.149. The van der Waals surface area contributed by atoms with Crippen molar-refractivity contribution in [2.24, 2.45) is 0 Å². The predicted molar refractivity (Wildman–Crippen MR) is 207 cm³/mol. The molecule has 0 radical (unpaired) electrons. The van der Waals surface area contributed by atoms with E-state index in [4.69, 9.17) is 0 Å². The van der Waals surface area contributed by atoms with Gasteiger partial charge in [0, 0.05) is 0 Å². The van der Waals surface area contributed by atoms with Crippen molar-refractivity contribution in [1.82, 2.24) is 0 Å². The van der Waals surface area contributed by atoms with Crippen molar-refractivity contribution in [3.05, 3.63) is 226 Å². The molecular formula is C48H38. The SMILES string of the molecule is Cc1ccc(/C=C(\c2ccccc2)c2ccc(-c3ccc(-c4ccc(/C(=C/c5ccc(C)cc5)c5ccccc5)cc4)cc3)cc2)cc1. The Kier molecular flexibility index (Phi) is 9.07. The van der Waals surface area contributed by atoms with Crippen LogP contribution in [0.15, 0.2) is 182 Å². The van der Waals surface area contributed by atoms with Crippen LogP contribution in [0.2, 0.25) is 0 Å². The first-order chi connectivity index (χ1) is 23.6. The summed E-state index contributed by atoms with van der Waals surface area (Å²) in [7, 11) is 0. The van der Waals surface area contributed by atoms with Crippen LogP contribution in [0, 0.1) is 13.8 Å². The molecule has 0 aromatic heterocycles. The summed E-state index contributed by atoms with van der Waals surface area (Å²) in [5.41, 5.74) is 17.0. The Morgan fingerprint density at radius 1 is 0.292 bits per heavy atom. The molecule has 0 aliphatic heterocycles. The highest BCUT2D eigenvalue weighted by atomic mass is 14.1. The summed E-state index contributed by atoms with van der Waals surface area (Å²) >= 11 is 0. The molecule has 7 aromatic carbocycles. The summed E-state index contributed by atoms with van der Waals surface area (Å²) in [5, 5.41) is 0. The van der Waals surface area contributed by atoms with Crippen molar-refractivity contribution in [1.29, 1.82) is 0 Å². The van der Waals surface area contributed by atoms with E-state index in [0.29, 0.717) is 0 Å². The van der Waals surface area contributed by atoms with Gasteiger partial charge in [-0.15, -0.1) is 0 Å². The lowest BCUT2D eigenvalue weighted by molar-refractivity contribution is 1.46. The molecule has 7 aromatic rings. The monoisotopic (exact) mass is 614 g/mol. The highest BCUT2D eigenvalue weighted by molar-refractivity contribution is 5.93. The van der Waals surface area contributed by atoms with Crippen molar-refractivity contribution in [2.75, 3.05) is 0 Å². The summed E-state index contributed by atoms with van der Waals surface area (Å²) < 4.78 is 0. The van der Waals surface area contributed by atoms with Crippen molar-refractivity contribution in [2.45, 2.75) is 13.8 Å². The highest BCUT2D eigenvalue weighted by Gasteiger charge is 2.09. The Bertz CT molecular complexity index is 1980. The molecule has 0 heterocycles. The smallest absolute Gasteiger partial charge is 0.0105 e. The van der Waals surface area contributed by atoms with Gasteiger partial charge in [-0.1, -0.05) is 193 Å². The van der Waals surface area contributed by atoms with Gasteiger partial charge >= 0.3 is 0 Å². The summed E-state index contributed by atoms with van der Waals surface area (Å²) in [5.74, 6) is 0.